The van der Waals surface area contributed by atoms with Crippen LogP contribution in [0.3, 0.4) is 0 Å². The molecule has 1 saturated carbocycles. The molecule has 0 saturated heterocycles. The molecule has 28 heavy (non-hydrogen) atoms. The molecule has 5 nitrogen and oxygen atoms in total. The highest BCUT2D eigenvalue weighted by molar-refractivity contribution is 5.78. The van der Waals surface area contributed by atoms with E-state index in [-0.39, 0.29) is 12.3 Å². The first-order valence-corrected chi connectivity index (χ1v) is 9.84. The van der Waals surface area contributed by atoms with E-state index in [2.05, 4.69) is 12.1 Å². The molecule has 0 spiro atoms. The Morgan fingerprint density at radius 1 is 1.00 bits per heavy atom. The van der Waals surface area contributed by atoms with Gasteiger partial charge in [0.15, 0.2) is 0 Å². The Balaban J connectivity index is 1.45. The highest BCUT2D eigenvalue weighted by Gasteiger charge is 2.23. The minimum atomic E-state index is -0.796. The molecule has 1 N–H and O–H groups in total. The third kappa shape index (κ3) is 6.12. The number of carboxylic acid groups (broad SMARTS) is 1. The fourth-order valence-electron chi connectivity index (χ4n) is 3.10. The number of carbonyl (C=O) groups excluding carboxylic acids is 1. The van der Waals surface area contributed by atoms with E-state index < -0.39 is 5.97 Å². The summed E-state index contributed by atoms with van der Waals surface area (Å²) in [5.74, 6) is 1.53. The van der Waals surface area contributed by atoms with Gasteiger partial charge in [0.25, 0.3) is 0 Å². The third-order valence-electron chi connectivity index (χ3n) is 5.00. The highest BCUT2D eigenvalue weighted by atomic mass is 16.5. The number of ether oxygens (including phenoxy) is 1. The number of benzene rings is 2. The van der Waals surface area contributed by atoms with Gasteiger partial charge in [-0.3, -0.25) is 9.59 Å². The van der Waals surface area contributed by atoms with Crippen LogP contribution in [0.5, 0.6) is 11.5 Å². The minimum Gasteiger partial charge on any atom is -0.481 e. The summed E-state index contributed by atoms with van der Waals surface area (Å²) in [4.78, 5) is 24.5. The van der Waals surface area contributed by atoms with Crippen LogP contribution in [-0.4, -0.2) is 35.5 Å². The van der Waals surface area contributed by atoms with Crippen molar-refractivity contribution in [3.05, 3.63) is 59.7 Å². The van der Waals surface area contributed by atoms with Gasteiger partial charge in [0.05, 0.1) is 6.42 Å². The van der Waals surface area contributed by atoms with E-state index in [1.54, 1.807) is 11.9 Å². The first-order chi connectivity index (χ1) is 13.5. The van der Waals surface area contributed by atoms with Crippen molar-refractivity contribution in [3.63, 3.8) is 0 Å². The van der Waals surface area contributed by atoms with Crippen LogP contribution in [0.4, 0.5) is 0 Å². The highest BCUT2D eigenvalue weighted by Crippen LogP contribution is 2.40. The van der Waals surface area contributed by atoms with Gasteiger partial charge in [-0.1, -0.05) is 24.3 Å². The van der Waals surface area contributed by atoms with Crippen LogP contribution in [-0.2, 0) is 16.0 Å². The number of likely N-dealkylation sites (N-methyl/N-ethyl adjacent to an activating group) is 1. The normalized spacial score (nSPS) is 13.2. The van der Waals surface area contributed by atoms with Gasteiger partial charge in [0.1, 0.15) is 11.5 Å². The molecule has 1 fully saturated rings. The number of nitrogens with zero attached hydrogens (tertiary/aromatic N) is 1. The van der Waals surface area contributed by atoms with Crippen LogP contribution in [0.1, 0.15) is 49.1 Å². The van der Waals surface area contributed by atoms with Gasteiger partial charge in [-0.15, -0.1) is 0 Å². The molecule has 0 bridgehead atoms. The lowest BCUT2D eigenvalue weighted by Gasteiger charge is -2.17. The number of aliphatic carboxylic acids is 1. The van der Waals surface area contributed by atoms with Crippen LogP contribution in [0.15, 0.2) is 48.5 Å². The fourth-order valence-corrected chi connectivity index (χ4v) is 3.10. The van der Waals surface area contributed by atoms with E-state index in [0.29, 0.717) is 25.8 Å². The lowest BCUT2D eigenvalue weighted by atomic mass is 10.1. The molecule has 1 amide bonds. The fraction of sp³-hybridized carbons (Fsp3) is 0.391. The number of amides is 1. The van der Waals surface area contributed by atoms with Crippen molar-refractivity contribution in [1.82, 2.24) is 4.90 Å². The van der Waals surface area contributed by atoms with Gasteiger partial charge >= 0.3 is 5.97 Å². The molecule has 1 aliphatic carbocycles. The van der Waals surface area contributed by atoms with Crippen LogP contribution < -0.4 is 4.74 Å². The molecule has 0 unspecified atom stereocenters. The van der Waals surface area contributed by atoms with E-state index in [0.717, 1.165) is 23.0 Å². The molecule has 0 heterocycles. The zero-order chi connectivity index (χ0) is 19.9. The predicted molar refractivity (Wildman–Crippen MR) is 108 cm³/mol. The van der Waals surface area contributed by atoms with Crippen molar-refractivity contribution in [2.75, 3.05) is 13.6 Å². The summed E-state index contributed by atoms with van der Waals surface area (Å²) in [7, 11) is 1.76. The SMILES string of the molecule is CN(CCCCC(=O)O)C(=O)Cc1ccc(Oc2ccc(C3CC3)cc2)cc1. The van der Waals surface area contributed by atoms with Gasteiger partial charge in [0.2, 0.25) is 5.91 Å². The van der Waals surface area contributed by atoms with Gasteiger partial charge in [0, 0.05) is 20.0 Å². The first-order valence-electron chi connectivity index (χ1n) is 9.84. The van der Waals surface area contributed by atoms with Crippen LogP contribution in [0.25, 0.3) is 0 Å². The molecule has 0 radical (unpaired) electrons. The van der Waals surface area contributed by atoms with E-state index in [1.807, 2.05) is 36.4 Å². The van der Waals surface area contributed by atoms with Crippen molar-refractivity contribution in [1.29, 1.82) is 0 Å². The van der Waals surface area contributed by atoms with Crippen LogP contribution in [0.2, 0.25) is 0 Å². The van der Waals surface area contributed by atoms with Crippen molar-refractivity contribution in [2.45, 2.75) is 44.4 Å². The second kappa shape index (κ2) is 9.40. The van der Waals surface area contributed by atoms with Crippen molar-refractivity contribution < 1.29 is 19.4 Å². The molecule has 2 aromatic rings. The van der Waals surface area contributed by atoms with E-state index in [4.69, 9.17) is 9.84 Å². The van der Waals surface area contributed by atoms with E-state index in [1.165, 1.54) is 18.4 Å². The van der Waals surface area contributed by atoms with Crippen LogP contribution >= 0.6 is 0 Å². The molecule has 3 rings (SSSR count). The zero-order valence-electron chi connectivity index (χ0n) is 16.3. The number of unbranched alkanes of at least 4 members (excludes halogenated alkanes) is 1. The minimum absolute atomic E-state index is 0.0275. The maximum atomic E-state index is 12.3. The Hall–Kier alpha value is -2.82. The average Bonchev–Trinajstić information content (AvgIpc) is 3.52. The maximum absolute atomic E-state index is 12.3. The van der Waals surface area contributed by atoms with Gasteiger partial charge < -0.3 is 14.7 Å². The molecule has 5 heteroatoms. The summed E-state index contributed by atoms with van der Waals surface area (Å²) in [5, 5.41) is 8.64. The maximum Gasteiger partial charge on any atom is 0.303 e. The molecule has 148 valence electrons. The van der Waals surface area contributed by atoms with Crippen molar-refractivity contribution >= 4 is 11.9 Å². The van der Waals surface area contributed by atoms with Crippen molar-refractivity contribution in [2.24, 2.45) is 0 Å². The molecule has 0 atom stereocenters. The Kier molecular flexibility index (Phi) is 6.69. The van der Waals surface area contributed by atoms with Crippen molar-refractivity contribution in [3.8, 4) is 11.5 Å². The predicted octanol–water partition coefficient (Wildman–Crippen LogP) is 4.61. The Morgan fingerprint density at radius 2 is 1.61 bits per heavy atom. The monoisotopic (exact) mass is 381 g/mol. The molecule has 1 aliphatic rings. The Labute approximate surface area is 165 Å². The molecule has 2 aromatic carbocycles. The second-order valence-electron chi connectivity index (χ2n) is 7.43. The summed E-state index contributed by atoms with van der Waals surface area (Å²) in [6.07, 6.45) is 4.33. The van der Waals surface area contributed by atoms with Gasteiger partial charge in [-0.05, 0) is 67.0 Å². The number of hydrogen-bond donors (Lipinski definition) is 1. The lowest BCUT2D eigenvalue weighted by molar-refractivity contribution is -0.137. The lowest BCUT2D eigenvalue weighted by Crippen LogP contribution is -2.29. The number of hydrogen-bond acceptors (Lipinski definition) is 3. The summed E-state index contributed by atoms with van der Waals surface area (Å²) in [6, 6.07) is 15.8. The second-order valence-corrected chi connectivity index (χ2v) is 7.43. The molecule has 0 aliphatic heterocycles. The molecule has 0 aromatic heterocycles. The number of rotatable bonds is 10. The number of carbonyl (C=O) groups is 2. The van der Waals surface area contributed by atoms with Crippen LogP contribution in [0, 0.1) is 0 Å². The first kappa shape index (κ1) is 19.9. The molecular weight excluding hydrogens is 354 g/mol. The largest absolute Gasteiger partial charge is 0.481 e. The smallest absolute Gasteiger partial charge is 0.303 e. The Bertz CT molecular complexity index is 794. The molecular formula is C23H27NO4. The summed E-state index contributed by atoms with van der Waals surface area (Å²) in [5.41, 5.74) is 2.31. The third-order valence-corrected chi connectivity index (χ3v) is 5.00. The quantitative estimate of drug-likeness (QED) is 0.610. The topological polar surface area (TPSA) is 66.8 Å². The van der Waals surface area contributed by atoms with Gasteiger partial charge in [-0.25, -0.2) is 0 Å². The average molecular weight is 381 g/mol. The summed E-state index contributed by atoms with van der Waals surface area (Å²) in [6.45, 7) is 0.574. The number of carboxylic acids is 1. The standard InChI is InChI=1S/C23H27NO4/c1-24(15-3-2-4-23(26)27)22(25)16-17-5-11-20(12-6-17)28-21-13-9-19(10-14-21)18-7-8-18/h5-6,9-14,18H,2-4,7-8,15-16H2,1H3,(H,26,27). The van der Waals surface area contributed by atoms with E-state index >= 15 is 0 Å². The van der Waals surface area contributed by atoms with E-state index in [9.17, 15) is 9.59 Å². The summed E-state index contributed by atoms with van der Waals surface area (Å²) < 4.78 is 5.88. The Morgan fingerprint density at radius 3 is 2.18 bits per heavy atom. The summed E-state index contributed by atoms with van der Waals surface area (Å²) >= 11 is 0. The zero-order valence-corrected chi connectivity index (χ0v) is 16.3. The van der Waals surface area contributed by atoms with Gasteiger partial charge in [-0.2, -0.15) is 0 Å².